The highest BCUT2D eigenvalue weighted by molar-refractivity contribution is 6.57. The van der Waals surface area contributed by atoms with Crippen molar-refractivity contribution in [3.8, 4) is 11.5 Å². The van der Waals surface area contributed by atoms with Gasteiger partial charge in [0.2, 0.25) is 5.91 Å². The highest BCUT2D eigenvalue weighted by Gasteiger charge is 2.51. The molecule has 3 heterocycles. The molecule has 5 N–H and O–H groups in total. The summed E-state index contributed by atoms with van der Waals surface area (Å²) >= 11 is 0. The van der Waals surface area contributed by atoms with E-state index in [1.807, 2.05) is 0 Å². The minimum Gasteiger partial charge on any atom is -0.490 e. The fourth-order valence-corrected chi connectivity index (χ4v) is 6.42. The van der Waals surface area contributed by atoms with Crippen molar-refractivity contribution in [3.05, 3.63) is 82.8 Å². The number of hydrogen-bond acceptors (Lipinski definition) is 9. The number of carbonyl (C=O) groups excluding carboxylic acids is 1. The lowest BCUT2D eigenvalue weighted by Gasteiger charge is -2.29. The lowest BCUT2D eigenvalue weighted by atomic mass is 9.91. The minimum absolute atomic E-state index is 0.0151. The standard InChI is InChI=1S/C36H38BF2N5O11/c1-22-12-23(2)44-30(22)16-27-13-24(17-43(27)37(44,38)39)6-9-32(45)40-25-7-8-29(42(20-35(50)51)21-36(52)53)31(14-25)55-11-10-54-28-5-3-4-26(15-28)41(18-33(46)47)19-34(48)49/h3-5,7-8,12-17H,6,9-11,18-21H2,1-2H3,(H,40,45)(H,46,47)(H,48,49)(H,50,51)(H,52,53). The highest BCUT2D eigenvalue weighted by Crippen LogP contribution is 2.35. The van der Waals surface area contributed by atoms with E-state index in [1.165, 1.54) is 36.5 Å². The lowest BCUT2D eigenvalue weighted by Crippen LogP contribution is -2.49. The maximum Gasteiger partial charge on any atom is 0.737 e. The Labute approximate surface area is 312 Å². The van der Waals surface area contributed by atoms with E-state index < -0.39 is 62.9 Å². The first-order valence-electron chi connectivity index (χ1n) is 16.9. The molecule has 19 heteroatoms. The number of halogens is 2. The molecule has 0 saturated carbocycles. The molecule has 0 unspecified atom stereocenters. The average molecular weight is 766 g/mol. The van der Waals surface area contributed by atoms with Crippen LogP contribution in [0.15, 0.2) is 65.9 Å². The van der Waals surface area contributed by atoms with Gasteiger partial charge in [-0.15, -0.1) is 0 Å². The van der Waals surface area contributed by atoms with Crippen molar-refractivity contribution in [3.63, 3.8) is 0 Å². The number of carboxylic acid groups (broad SMARTS) is 4. The second-order valence-corrected chi connectivity index (χ2v) is 12.8. The number of benzene rings is 2. The minimum atomic E-state index is -4.13. The molecule has 0 atom stereocenters. The highest BCUT2D eigenvalue weighted by atomic mass is 19.2. The van der Waals surface area contributed by atoms with Gasteiger partial charge in [0, 0.05) is 53.3 Å². The zero-order valence-corrected chi connectivity index (χ0v) is 29.8. The third-order valence-corrected chi connectivity index (χ3v) is 8.66. The van der Waals surface area contributed by atoms with Crippen LogP contribution in [-0.2, 0) is 24.0 Å². The number of nitrogens with zero attached hydrogens (tertiary/aromatic N) is 4. The largest absolute Gasteiger partial charge is 0.737 e. The summed E-state index contributed by atoms with van der Waals surface area (Å²) in [7, 11) is 0. The van der Waals surface area contributed by atoms with E-state index in [1.54, 1.807) is 44.2 Å². The van der Waals surface area contributed by atoms with Crippen LogP contribution in [0.5, 0.6) is 11.5 Å². The second kappa shape index (κ2) is 16.6. The van der Waals surface area contributed by atoms with Gasteiger partial charge in [0.05, 0.1) is 5.69 Å². The molecular weight excluding hydrogens is 727 g/mol. The lowest BCUT2D eigenvalue weighted by molar-refractivity contribution is -0.356. The topological polar surface area (TPSA) is 211 Å². The van der Waals surface area contributed by atoms with Crippen molar-refractivity contribution in [2.24, 2.45) is 0 Å². The predicted octanol–water partition coefficient (Wildman–Crippen LogP) is 3.53. The van der Waals surface area contributed by atoms with Crippen molar-refractivity contribution in [2.45, 2.75) is 26.7 Å². The smallest absolute Gasteiger partial charge is 0.490 e. The third-order valence-electron chi connectivity index (χ3n) is 8.66. The summed E-state index contributed by atoms with van der Waals surface area (Å²) < 4.78 is 44.6. The summed E-state index contributed by atoms with van der Waals surface area (Å²) in [5.41, 5.74) is 3.06. The first-order valence-corrected chi connectivity index (χ1v) is 16.9. The molecule has 1 aromatic heterocycles. The molecule has 16 nitrogen and oxygen atoms in total. The molecule has 2 aliphatic rings. The van der Waals surface area contributed by atoms with Gasteiger partial charge >= 0.3 is 30.8 Å². The molecule has 0 saturated heterocycles. The number of carbonyl (C=O) groups is 5. The molecule has 3 aromatic rings. The van der Waals surface area contributed by atoms with Gasteiger partial charge in [0.1, 0.15) is 57.1 Å². The number of ether oxygens (including phenoxy) is 2. The van der Waals surface area contributed by atoms with Crippen molar-refractivity contribution < 1.29 is 67.0 Å². The Hall–Kier alpha value is -6.66. The molecule has 290 valence electrons. The predicted molar refractivity (Wildman–Crippen MR) is 196 cm³/mol. The Kier molecular flexibility index (Phi) is 11.9. The number of aromatic nitrogens is 1. The molecule has 1 amide bonds. The molecule has 0 radical (unpaired) electrons. The van der Waals surface area contributed by atoms with Gasteiger partial charge in [0.25, 0.3) is 0 Å². The second-order valence-electron chi connectivity index (χ2n) is 12.8. The molecule has 2 aliphatic heterocycles. The summed E-state index contributed by atoms with van der Waals surface area (Å²) in [5, 5.41) is 40.0. The van der Waals surface area contributed by atoms with Crippen LogP contribution in [0, 0.1) is 13.8 Å². The summed E-state index contributed by atoms with van der Waals surface area (Å²) in [6.45, 7) is -3.53. The van der Waals surface area contributed by atoms with Crippen molar-refractivity contribution >= 4 is 66.1 Å². The number of nitrogens with one attached hydrogen (secondary N) is 1. The van der Waals surface area contributed by atoms with Gasteiger partial charge in [-0.1, -0.05) is 6.07 Å². The zero-order chi connectivity index (χ0) is 40.0. The van der Waals surface area contributed by atoms with Crippen LogP contribution < -0.4 is 24.6 Å². The fraction of sp³-hybridized carbons (Fsp3) is 0.278. The van der Waals surface area contributed by atoms with Gasteiger partial charge in [-0.3, -0.25) is 24.0 Å². The van der Waals surface area contributed by atoms with Crippen molar-refractivity contribution in [2.75, 3.05) is 54.5 Å². The van der Waals surface area contributed by atoms with E-state index in [-0.39, 0.29) is 54.6 Å². The van der Waals surface area contributed by atoms with Gasteiger partial charge in [0.15, 0.2) is 5.70 Å². The summed E-state index contributed by atoms with van der Waals surface area (Å²) in [5.74, 6) is -5.27. The molecule has 0 fully saturated rings. The monoisotopic (exact) mass is 765 g/mol. The molecule has 0 bridgehead atoms. The Morgan fingerprint density at radius 2 is 1.45 bits per heavy atom. The van der Waals surface area contributed by atoms with Gasteiger partial charge in [-0.2, -0.15) is 0 Å². The number of rotatable bonds is 19. The SMILES string of the molecule is Cc1cc(C)n2c1C=C1C=C(CCC(=O)Nc3ccc(N(CC(=O)O)CC(=O)O)c(OCCOc4cccc(N(CC(=O)O)CC(=O)O)c4)c3)C=[N+]1[B-]2(F)F. The first-order chi connectivity index (χ1) is 26.0. The number of amides is 1. The normalized spacial score (nSPS) is 13.7. The Morgan fingerprint density at radius 3 is 2.11 bits per heavy atom. The number of hydrogen-bond donors (Lipinski definition) is 5. The number of aliphatic carboxylic acids is 4. The molecular formula is C36H38BF2N5O11. The number of carboxylic acids is 4. The maximum absolute atomic E-state index is 15.5. The Balaban J connectivity index is 1.27. The van der Waals surface area contributed by atoms with Crippen LogP contribution in [-0.4, -0.2) is 112 Å². The molecule has 55 heavy (non-hydrogen) atoms. The number of aryl methyl sites for hydroxylation is 2. The van der Waals surface area contributed by atoms with Crippen LogP contribution >= 0.6 is 0 Å². The summed E-state index contributed by atoms with van der Waals surface area (Å²) in [6.07, 6.45) is 4.73. The number of anilines is 3. The van der Waals surface area contributed by atoms with Crippen LogP contribution in [0.25, 0.3) is 6.08 Å². The molecule has 2 aromatic carbocycles. The number of allylic oxidation sites excluding steroid dienone is 2. The van der Waals surface area contributed by atoms with E-state index in [9.17, 15) is 44.4 Å². The van der Waals surface area contributed by atoms with Gasteiger partial charge in [-0.05, 0) is 61.9 Å². The molecule has 0 spiro atoms. The van der Waals surface area contributed by atoms with E-state index in [4.69, 9.17) is 9.47 Å². The molecule has 0 aliphatic carbocycles. The van der Waals surface area contributed by atoms with Crippen molar-refractivity contribution in [1.82, 2.24) is 4.48 Å². The summed E-state index contributed by atoms with van der Waals surface area (Å²) in [6, 6.07) is 12.0. The van der Waals surface area contributed by atoms with E-state index in [2.05, 4.69) is 5.32 Å². The average Bonchev–Trinajstić information content (AvgIpc) is 3.65. The molecule has 5 rings (SSSR count). The van der Waals surface area contributed by atoms with Gasteiger partial charge in [-0.25, -0.2) is 0 Å². The zero-order valence-electron chi connectivity index (χ0n) is 29.8. The van der Waals surface area contributed by atoms with Crippen LogP contribution in [0.4, 0.5) is 25.7 Å². The van der Waals surface area contributed by atoms with Crippen LogP contribution in [0.2, 0.25) is 0 Å². The van der Waals surface area contributed by atoms with E-state index in [0.717, 1.165) is 24.3 Å². The maximum atomic E-state index is 15.5. The van der Waals surface area contributed by atoms with Crippen LogP contribution in [0.3, 0.4) is 0 Å². The van der Waals surface area contributed by atoms with Gasteiger partial charge < -0.3 is 62.6 Å². The fourth-order valence-electron chi connectivity index (χ4n) is 6.42. The quantitative estimate of drug-likeness (QED) is 0.0875. The Bertz CT molecular complexity index is 2100. The van der Waals surface area contributed by atoms with Crippen molar-refractivity contribution in [1.29, 1.82) is 0 Å². The third kappa shape index (κ3) is 9.67. The number of fused-ring (bicyclic) bond motifs is 2. The Morgan fingerprint density at radius 1 is 0.818 bits per heavy atom. The van der Waals surface area contributed by atoms with E-state index >= 15 is 8.63 Å². The first kappa shape index (κ1) is 39.6. The summed E-state index contributed by atoms with van der Waals surface area (Å²) in [4.78, 5) is 60.9. The van der Waals surface area contributed by atoms with Crippen LogP contribution in [0.1, 0.15) is 29.8 Å². The van der Waals surface area contributed by atoms with E-state index in [0.29, 0.717) is 22.7 Å².